The van der Waals surface area contributed by atoms with E-state index in [1.165, 1.54) is 38.9 Å². The van der Waals surface area contributed by atoms with Crippen LogP contribution in [0.4, 0.5) is 4.79 Å². The first kappa shape index (κ1) is 28.7. The van der Waals surface area contributed by atoms with Crippen LogP contribution in [0.5, 0.6) is 0 Å². The Morgan fingerprint density at radius 2 is 1.26 bits per heavy atom. The van der Waals surface area contributed by atoms with Gasteiger partial charge in [0.15, 0.2) is 5.78 Å². The van der Waals surface area contributed by atoms with E-state index >= 15 is 0 Å². The van der Waals surface area contributed by atoms with E-state index in [1.54, 1.807) is 0 Å². The van der Waals surface area contributed by atoms with Gasteiger partial charge < -0.3 is 9.64 Å². The molecule has 1 amide bonds. The van der Waals surface area contributed by atoms with Crippen LogP contribution in [0.3, 0.4) is 0 Å². The van der Waals surface area contributed by atoms with Crippen molar-refractivity contribution in [3.8, 4) is 11.1 Å². The zero-order valence-corrected chi connectivity index (χ0v) is 26.0. The standard InChI is InChI=1S/C38H45NO3/c1-22(2)25-19-33(23(3)4)36(34(20-25)24(5)6)37(40)26-17-27-15-16-28(18-26)39(27)38(41)42-21-35-31-13-9-7-11-29(31)30-12-8-10-14-32(30)35/h7-14,19-20,22-24,26-28,35H,15-18,21H2,1-6H3. The van der Waals surface area contributed by atoms with Crippen LogP contribution in [0.1, 0.15) is 129 Å². The molecule has 0 aromatic heterocycles. The highest BCUT2D eigenvalue weighted by Crippen LogP contribution is 2.46. The molecule has 0 radical (unpaired) electrons. The molecule has 4 heteroatoms. The number of piperidine rings is 1. The monoisotopic (exact) mass is 563 g/mol. The lowest BCUT2D eigenvalue weighted by atomic mass is 9.77. The number of ketones is 1. The summed E-state index contributed by atoms with van der Waals surface area (Å²) in [5.74, 6) is 1.24. The van der Waals surface area contributed by atoms with Crippen molar-refractivity contribution in [3.05, 3.63) is 94.0 Å². The summed E-state index contributed by atoms with van der Waals surface area (Å²) in [5, 5.41) is 0. The first-order valence-corrected chi connectivity index (χ1v) is 16.0. The van der Waals surface area contributed by atoms with Gasteiger partial charge in [0.25, 0.3) is 0 Å². The Balaban J connectivity index is 1.19. The van der Waals surface area contributed by atoms with Crippen LogP contribution in [0.25, 0.3) is 11.1 Å². The first-order chi connectivity index (χ1) is 20.2. The Hall–Kier alpha value is -3.40. The van der Waals surface area contributed by atoms with Gasteiger partial charge in [0.1, 0.15) is 6.61 Å². The zero-order valence-electron chi connectivity index (χ0n) is 26.0. The Kier molecular flexibility index (Phi) is 7.76. The lowest BCUT2D eigenvalue weighted by molar-refractivity contribution is 0.0505. The minimum atomic E-state index is -0.220. The lowest BCUT2D eigenvalue weighted by Crippen LogP contribution is -2.48. The molecule has 3 aromatic carbocycles. The third-order valence-electron chi connectivity index (χ3n) is 10.0. The highest BCUT2D eigenvalue weighted by molar-refractivity contribution is 6.01. The molecule has 2 aliphatic heterocycles. The minimum Gasteiger partial charge on any atom is -0.448 e. The van der Waals surface area contributed by atoms with Crippen LogP contribution < -0.4 is 0 Å². The van der Waals surface area contributed by atoms with E-state index in [2.05, 4.69) is 102 Å². The summed E-state index contributed by atoms with van der Waals surface area (Å²) in [7, 11) is 0. The van der Waals surface area contributed by atoms with Crippen molar-refractivity contribution in [1.29, 1.82) is 0 Å². The van der Waals surface area contributed by atoms with Crippen molar-refractivity contribution in [2.45, 2.75) is 103 Å². The second-order valence-electron chi connectivity index (χ2n) is 13.7. The number of fused-ring (bicyclic) bond motifs is 5. The topological polar surface area (TPSA) is 46.6 Å². The number of carbonyl (C=O) groups is 2. The lowest BCUT2D eigenvalue weighted by Gasteiger charge is -2.38. The maximum atomic E-state index is 14.3. The third-order valence-corrected chi connectivity index (χ3v) is 10.0. The Labute approximate surface area is 251 Å². The molecule has 0 saturated carbocycles. The molecule has 2 unspecified atom stereocenters. The molecule has 2 atom stereocenters. The number of Topliss-reactive ketones (excluding diaryl/α,β-unsaturated/α-hetero) is 1. The first-order valence-electron chi connectivity index (χ1n) is 16.0. The highest BCUT2D eigenvalue weighted by atomic mass is 16.6. The number of rotatable bonds is 7. The third kappa shape index (κ3) is 4.97. The summed E-state index contributed by atoms with van der Waals surface area (Å²) >= 11 is 0. The van der Waals surface area contributed by atoms with E-state index in [0.717, 1.165) is 31.2 Å². The molecule has 3 aromatic rings. The molecule has 2 bridgehead atoms. The number of ether oxygens (including phenoxy) is 1. The summed E-state index contributed by atoms with van der Waals surface area (Å²) in [6.07, 6.45) is 3.11. The number of amides is 1. The van der Waals surface area contributed by atoms with Crippen molar-refractivity contribution in [2.75, 3.05) is 6.61 Å². The quantitative estimate of drug-likeness (QED) is 0.269. The van der Waals surface area contributed by atoms with Crippen LogP contribution in [-0.4, -0.2) is 35.5 Å². The van der Waals surface area contributed by atoms with Crippen LogP contribution >= 0.6 is 0 Å². The van der Waals surface area contributed by atoms with Gasteiger partial charge in [-0.2, -0.15) is 0 Å². The molecule has 0 N–H and O–H groups in total. The second-order valence-corrected chi connectivity index (χ2v) is 13.7. The fourth-order valence-corrected chi connectivity index (χ4v) is 7.80. The van der Waals surface area contributed by atoms with E-state index in [1.807, 2.05) is 4.90 Å². The molecule has 2 fully saturated rings. The summed E-state index contributed by atoms with van der Waals surface area (Å²) < 4.78 is 6.08. The molecule has 2 saturated heterocycles. The number of nitrogens with zero attached hydrogens (tertiary/aromatic N) is 1. The summed E-state index contributed by atoms with van der Waals surface area (Å²) in [4.78, 5) is 29.9. The maximum Gasteiger partial charge on any atom is 0.410 e. The second kappa shape index (κ2) is 11.4. The highest BCUT2D eigenvalue weighted by Gasteiger charge is 2.47. The van der Waals surface area contributed by atoms with Crippen molar-refractivity contribution in [3.63, 3.8) is 0 Å². The normalized spacial score (nSPS) is 21.3. The maximum absolute atomic E-state index is 14.3. The minimum absolute atomic E-state index is 0.0517. The number of hydrogen-bond acceptors (Lipinski definition) is 3. The van der Waals surface area contributed by atoms with Gasteiger partial charge in [-0.3, -0.25) is 4.79 Å². The summed E-state index contributed by atoms with van der Waals surface area (Å²) in [6.45, 7) is 13.6. The SMILES string of the molecule is CC(C)c1cc(C(C)C)c(C(=O)C2CC3CCC(C2)N3C(=O)OCC2c3ccccc3-c3ccccc32)c(C(C)C)c1. The van der Waals surface area contributed by atoms with Gasteiger partial charge in [0.05, 0.1) is 0 Å². The average Bonchev–Trinajstić information content (AvgIpc) is 3.44. The number of hydrogen-bond donors (Lipinski definition) is 0. The van der Waals surface area contributed by atoms with E-state index in [0.29, 0.717) is 12.5 Å². The van der Waals surface area contributed by atoms with Gasteiger partial charge in [-0.05, 0) is 82.4 Å². The molecule has 42 heavy (non-hydrogen) atoms. The van der Waals surface area contributed by atoms with E-state index in [9.17, 15) is 9.59 Å². The van der Waals surface area contributed by atoms with Crippen molar-refractivity contribution < 1.29 is 14.3 Å². The Morgan fingerprint density at radius 1 is 0.762 bits per heavy atom. The summed E-state index contributed by atoms with van der Waals surface area (Å²) in [6, 6.07) is 21.6. The Morgan fingerprint density at radius 3 is 1.74 bits per heavy atom. The number of carbonyl (C=O) groups excluding carboxylic acids is 2. The van der Waals surface area contributed by atoms with Crippen molar-refractivity contribution >= 4 is 11.9 Å². The average molecular weight is 564 g/mol. The predicted molar refractivity (Wildman–Crippen MR) is 169 cm³/mol. The van der Waals surface area contributed by atoms with E-state index in [4.69, 9.17) is 4.74 Å². The molecular formula is C38H45NO3. The van der Waals surface area contributed by atoms with Crippen LogP contribution in [-0.2, 0) is 4.74 Å². The molecule has 0 spiro atoms. The van der Waals surface area contributed by atoms with Gasteiger partial charge >= 0.3 is 6.09 Å². The molecule has 2 heterocycles. The van der Waals surface area contributed by atoms with Gasteiger partial charge in [-0.15, -0.1) is 0 Å². The van der Waals surface area contributed by atoms with Crippen LogP contribution in [0.2, 0.25) is 0 Å². The van der Waals surface area contributed by atoms with Crippen LogP contribution in [0.15, 0.2) is 60.7 Å². The fourth-order valence-electron chi connectivity index (χ4n) is 7.80. The summed E-state index contributed by atoms with van der Waals surface area (Å²) in [5.41, 5.74) is 9.54. The molecule has 6 rings (SSSR count). The van der Waals surface area contributed by atoms with Crippen molar-refractivity contribution in [2.24, 2.45) is 5.92 Å². The zero-order chi connectivity index (χ0) is 29.7. The van der Waals surface area contributed by atoms with Gasteiger partial charge in [0.2, 0.25) is 0 Å². The molecule has 3 aliphatic rings. The van der Waals surface area contributed by atoms with E-state index in [-0.39, 0.29) is 47.6 Å². The van der Waals surface area contributed by atoms with Gasteiger partial charge in [0, 0.05) is 29.5 Å². The largest absolute Gasteiger partial charge is 0.448 e. The predicted octanol–water partition coefficient (Wildman–Crippen LogP) is 9.43. The van der Waals surface area contributed by atoms with E-state index < -0.39 is 0 Å². The molecular weight excluding hydrogens is 518 g/mol. The smallest absolute Gasteiger partial charge is 0.410 e. The fraction of sp³-hybridized carbons (Fsp3) is 0.474. The van der Waals surface area contributed by atoms with Gasteiger partial charge in [-0.25, -0.2) is 4.79 Å². The molecule has 1 aliphatic carbocycles. The molecule has 220 valence electrons. The number of benzene rings is 3. The van der Waals surface area contributed by atoms with Crippen molar-refractivity contribution in [1.82, 2.24) is 4.90 Å². The van der Waals surface area contributed by atoms with Gasteiger partial charge in [-0.1, -0.05) is 102 Å². The Bertz CT molecular complexity index is 1410. The van der Waals surface area contributed by atoms with Crippen LogP contribution in [0, 0.1) is 5.92 Å². The molecule has 4 nitrogen and oxygen atoms in total.